The minimum absolute atomic E-state index is 0.106. The molecule has 2 heterocycles. The summed E-state index contributed by atoms with van der Waals surface area (Å²) < 4.78 is 0. The van der Waals surface area contributed by atoms with Crippen molar-refractivity contribution in [2.24, 2.45) is 0 Å². The van der Waals surface area contributed by atoms with E-state index in [1.54, 1.807) is 12.1 Å². The first-order valence-corrected chi connectivity index (χ1v) is 5.32. The predicted molar refractivity (Wildman–Crippen MR) is 59.6 cm³/mol. The fourth-order valence-electron chi connectivity index (χ4n) is 1.58. The van der Waals surface area contributed by atoms with Gasteiger partial charge in [0.05, 0.1) is 11.8 Å². The number of carbonyl (C=O) groups is 1. The van der Waals surface area contributed by atoms with Crippen molar-refractivity contribution in [2.75, 3.05) is 33.2 Å². The van der Waals surface area contributed by atoms with Gasteiger partial charge in [-0.05, 0) is 19.2 Å². The molecule has 1 radical (unpaired) electrons. The molecule has 0 aliphatic carbocycles. The van der Waals surface area contributed by atoms with Crippen LogP contribution in [0.15, 0.2) is 18.3 Å². The number of nitrogens with one attached hydrogen (secondary N) is 1. The summed E-state index contributed by atoms with van der Waals surface area (Å²) in [7, 11) is 2.08. The number of rotatable bonds is 2. The number of pyridine rings is 1. The molecule has 1 saturated heterocycles. The molecule has 2 rings (SSSR count). The van der Waals surface area contributed by atoms with Gasteiger partial charge >= 0.3 is 0 Å². The Morgan fingerprint density at radius 3 is 2.81 bits per heavy atom. The largest absolute Gasteiger partial charge is 0.304 e. The van der Waals surface area contributed by atoms with Crippen LogP contribution < -0.4 is 5.43 Å². The van der Waals surface area contributed by atoms with E-state index in [9.17, 15) is 4.79 Å². The Kier molecular flexibility index (Phi) is 3.48. The lowest BCUT2D eigenvalue weighted by molar-refractivity contribution is 0.0662. The maximum atomic E-state index is 11.8. The summed E-state index contributed by atoms with van der Waals surface area (Å²) in [5, 5.41) is 1.94. The van der Waals surface area contributed by atoms with E-state index in [1.807, 2.05) is 5.01 Å². The molecule has 5 nitrogen and oxygen atoms in total. The molecule has 1 aliphatic rings. The molecule has 1 amide bonds. The number of hydrogen-bond acceptors (Lipinski definition) is 4. The Balaban J connectivity index is 1.88. The maximum Gasteiger partial charge on any atom is 0.267 e. The van der Waals surface area contributed by atoms with Crippen molar-refractivity contribution < 1.29 is 4.79 Å². The average Bonchev–Trinajstić information content (AvgIpc) is 2.33. The van der Waals surface area contributed by atoms with Gasteiger partial charge in [-0.1, -0.05) is 0 Å². The third kappa shape index (κ3) is 2.77. The van der Waals surface area contributed by atoms with Gasteiger partial charge in [-0.15, -0.1) is 0 Å². The highest BCUT2D eigenvalue weighted by Crippen LogP contribution is 1.99. The number of nitrogens with zero attached hydrogens (tertiary/aromatic N) is 3. The van der Waals surface area contributed by atoms with Crippen molar-refractivity contribution in [1.82, 2.24) is 20.3 Å². The van der Waals surface area contributed by atoms with Crippen molar-refractivity contribution in [3.05, 3.63) is 30.1 Å². The van der Waals surface area contributed by atoms with E-state index in [0.717, 1.165) is 26.2 Å². The second-order valence-electron chi connectivity index (χ2n) is 3.91. The summed E-state index contributed by atoms with van der Waals surface area (Å²) in [4.78, 5) is 17.8. The number of amides is 1. The molecule has 0 spiro atoms. The second-order valence-corrected chi connectivity index (χ2v) is 3.91. The van der Waals surface area contributed by atoms with Crippen LogP contribution in [0.5, 0.6) is 0 Å². The van der Waals surface area contributed by atoms with Gasteiger partial charge in [0.2, 0.25) is 0 Å². The first-order chi connectivity index (χ1) is 7.75. The summed E-state index contributed by atoms with van der Waals surface area (Å²) in [6.07, 6.45) is 4.17. The van der Waals surface area contributed by atoms with E-state index < -0.39 is 0 Å². The number of piperazine rings is 1. The van der Waals surface area contributed by atoms with Crippen LogP contribution in [0.1, 0.15) is 10.4 Å². The zero-order chi connectivity index (χ0) is 11.4. The topological polar surface area (TPSA) is 48.5 Å². The standard InChI is InChI=1S/C11H15N4O/c1-14-5-7-15(8-6-14)13-11(16)10-3-2-4-12-9-10/h2-3,9H,5-8H2,1H3,(H,13,16). The highest BCUT2D eigenvalue weighted by molar-refractivity contribution is 5.93. The molecule has 5 heteroatoms. The molecule has 0 atom stereocenters. The van der Waals surface area contributed by atoms with E-state index in [2.05, 4.69) is 28.6 Å². The van der Waals surface area contributed by atoms with Gasteiger partial charge in [0.25, 0.3) is 5.91 Å². The van der Waals surface area contributed by atoms with Crippen molar-refractivity contribution >= 4 is 5.91 Å². The van der Waals surface area contributed by atoms with Gasteiger partial charge < -0.3 is 4.90 Å². The Labute approximate surface area is 95.0 Å². The smallest absolute Gasteiger partial charge is 0.267 e. The summed E-state index contributed by atoms with van der Waals surface area (Å²) in [5.74, 6) is -0.106. The Hall–Kier alpha value is -1.46. The first kappa shape index (κ1) is 11.0. The first-order valence-electron chi connectivity index (χ1n) is 5.32. The molecule has 16 heavy (non-hydrogen) atoms. The lowest BCUT2D eigenvalue weighted by atomic mass is 10.3. The third-order valence-corrected chi connectivity index (χ3v) is 2.64. The fourth-order valence-corrected chi connectivity index (χ4v) is 1.58. The summed E-state index contributed by atoms with van der Waals surface area (Å²) in [6.45, 7) is 3.66. The zero-order valence-electron chi connectivity index (χ0n) is 9.31. The molecule has 1 fully saturated rings. The van der Waals surface area contributed by atoms with Gasteiger partial charge in [0, 0.05) is 32.4 Å². The molecule has 1 aromatic heterocycles. The highest BCUT2D eigenvalue weighted by Gasteiger charge is 2.16. The normalized spacial score (nSPS) is 18.3. The van der Waals surface area contributed by atoms with Crippen LogP contribution in [-0.4, -0.2) is 54.0 Å². The molecule has 0 saturated carbocycles. The summed E-state index contributed by atoms with van der Waals surface area (Å²) >= 11 is 0. The lowest BCUT2D eigenvalue weighted by Gasteiger charge is -2.32. The van der Waals surface area contributed by atoms with Crippen molar-refractivity contribution in [1.29, 1.82) is 0 Å². The molecule has 1 aromatic rings. The van der Waals surface area contributed by atoms with Gasteiger partial charge in [0.1, 0.15) is 0 Å². The van der Waals surface area contributed by atoms with Crippen LogP contribution in [0.25, 0.3) is 0 Å². The lowest BCUT2D eigenvalue weighted by Crippen LogP contribution is -2.52. The molecular formula is C11H15N4O. The highest BCUT2D eigenvalue weighted by atomic mass is 16.2. The van der Waals surface area contributed by atoms with E-state index in [1.165, 1.54) is 6.20 Å². The number of likely N-dealkylation sites (N-methyl/N-ethyl adjacent to an activating group) is 1. The molecule has 0 unspecified atom stereocenters. The van der Waals surface area contributed by atoms with Gasteiger partial charge in [-0.25, -0.2) is 5.01 Å². The van der Waals surface area contributed by atoms with Crippen molar-refractivity contribution in [2.45, 2.75) is 0 Å². The number of hydrogen-bond donors (Lipinski definition) is 1. The van der Waals surface area contributed by atoms with Crippen LogP contribution in [0.2, 0.25) is 0 Å². The van der Waals surface area contributed by atoms with Crippen LogP contribution in [-0.2, 0) is 0 Å². The summed E-state index contributed by atoms with van der Waals surface area (Å²) in [5.41, 5.74) is 3.44. The minimum atomic E-state index is -0.106. The molecule has 0 aromatic carbocycles. The SMILES string of the molecule is CN1CCN(NC(=O)c2cc[c]nc2)CC1. The van der Waals surface area contributed by atoms with Gasteiger partial charge in [-0.2, -0.15) is 0 Å². The van der Waals surface area contributed by atoms with Crippen LogP contribution in [0.4, 0.5) is 0 Å². The Bertz CT molecular complexity index is 346. The predicted octanol–water partition coefficient (Wildman–Crippen LogP) is -0.226. The Morgan fingerprint density at radius 1 is 1.44 bits per heavy atom. The second kappa shape index (κ2) is 5.05. The molecular weight excluding hydrogens is 204 g/mol. The third-order valence-electron chi connectivity index (χ3n) is 2.64. The molecule has 0 bridgehead atoms. The quantitative estimate of drug-likeness (QED) is 0.746. The molecule has 85 valence electrons. The number of carbonyl (C=O) groups excluding carboxylic acids is 1. The van der Waals surface area contributed by atoms with Crippen molar-refractivity contribution in [3.63, 3.8) is 0 Å². The number of aromatic nitrogens is 1. The summed E-state index contributed by atoms with van der Waals surface area (Å²) in [6, 6.07) is 3.34. The monoisotopic (exact) mass is 219 g/mol. The van der Waals surface area contributed by atoms with Crippen LogP contribution in [0.3, 0.4) is 0 Å². The molecule has 1 N–H and O–H groups in total. The zero-order valence-corrected chi connectivity index (χ0v) is 9.31. The van der Waals surface area contributed by atoms with Gasteiger partial charge in [-0.3, -0.25) is 15.2 Å². The van der Waals surface area contributed by atoms with Gasteiger partial charge in [0.15, 0.2) is 0 Å². The van der Waals surface area contributed by atoms with Crippen LogP contribution >= 0.6 is 0 Å². The van der Waals surface area contributed by atoms with E-state index in [0.29, 0.717) is 5.56 Å². The van der Waals surface area contributed by atoms with E-state index >= 15 is 0 Å². The number of hydrazine groups is 1. The van der Waals surface area contributed by atoms with E-state index in [-0.39, 0.29) is 5.91 Å². The van der Waals surface area contributed by atoms with Crippen LogP contribution in [0, 0.1) is 6.20 Å². The Morgan fingerprint density at radius 2 is 2.19 bits per heavy atom. The van der Waals surface area contributed by atoms with Crippen molar-refractivity contribution in [3.8, 4) is 0 Å². The average molecular weight is 219 g/mol. The molecule has 1 aliphatic heterocycles. The maximum absolute atomic E-state index is 11.8. The minimum Gasteiger partial charge on any atom is -0.304 e. The fraction of sp³-hybridized carbons (Fsp3) is 0.455. The van der Waals surface area contributed by atoms with E-state index in [4.69, 9.17) is 0 Å².